The number of halogens is 2. The molecule has 0 saturated carbocycles. The highest BCUT2D eigenvalue weighted by Crippen LogP contribution is 2.15. The molecule has 6 heteroatoms. The second-order valence-corrected chi connectivity index (χ2v) is 3.24. The van der Waals surface area contributed by atoms with Crippen molar-refractivity contribution in [1.29, 1.82) is 0 Å². The Balaban J connectivity index is 2.45. The molecule has 4 nitrogen and oxygen atoms in total. The molecule has 0 spiro atoms. The first-order chi connectivity index (χ1) is 7.59. The average molecular weight is 226 g/mol. The molecule has 0 aliphatic rings. The van der Waals surface area contributed by atoms with Gasteiger partial charge in [0.15, 0.2) is 0 Å². The number of nitrogens with one attached hydrogen (secondary N) is 1. The SMILES string of the molecule is O=c1[nH]cc(O)n1Cc1c(F)cccc1F. The van der Waals surface area contributed by atoms with Crippen molar-refractivity contribution in [2.45, 2.75) is 6.54 Å². The molecule has 16 heavy (non-hydrogen) atoms. The van der Waals surface area contributed by atoms with E-state index in [1.807, 2.05) is 0 Å². The van der Waals surface area contributed by atoms with Gasteiger partial charge in [0, 0.05) is 5.56 Å². The van der Waals surface area contributed by atoms with Crippen LogP contribution in [-0.4, -0.2) is 14.7 Å². The Labute approximate surface area is 88.8 Å². The maximum Gasteiger partial charge on any atom is 0.328 e. The van der Waals surface area contributed by atoms with Gasteiger partial charge in [-0.2, -0.15) is 0 Å². The number of nitrogens with zero attached hydrogens (tertiary/aromatic N) is 1. The molecular formula is C10H8F2N2O2. The van der Waals surface area contributed by atoms with Crippen molar-refractivity contribution < 1.29 is 13.9 Å². The molecule has 2 rings (SSSR count). The summed E-state index contributed by atoms with van der Waals surface area (Å²) in [6.45, 7) is -0.354. The van der Waals surface area contributed by atoms with E-state index in [9.17, 15) is 18.7 Å². The molecule has 1 aromatic heterocycles. The van der Waals surface area contributed by atoms with E-state index >= 15 is 0 Å². The van der Waals surface area contributed by atoms with E-state index < -0.39 is 17.3 Å². The van der Waals surface area contributed by atoms with Gasteiger partial charge in [0.2, 0.25) is 5.88 Å². The topological polar surface area (TPSA) is 58.0 Å². The number of imidazole rings is 1. The van der Waals surface area contributed by atoms with Gasteiger partial charge < -0.3 is 10.1 Å². The van der Waals surface area contributed by atoms with Gasteiger partial charge in [0.05, 0.1) is 12.7 Å². The highest BCUT2D eigenvalue weighted by atomic mass is 19.1. The molecule has 0 atom stereocenters. The zero-order valence-corrected chi connectivity index (χ0v) is 8.08. The standard InChI is InChI=1S/C10H8F2N2O2/c11-7-2-1-3-8(12)6(7)5-14-9(15)4-13-10(14)16/h1-4,15H,5H2,(H,13,16). The maximum atomic E-state index is 13.3. The van der Waals surface area contributed by atoms with Crippen molar-refractivity contribution >= 4 is 0 Å². The van der Waals surface area contributed by atoms with Crippen molar-refractivity contribution in [3.63, 3.8) is 0 Å². The first-order valence-electron chi connectivity index (χ1n) is 4.49. The van der Waals surface area contributed by atoms with Gasteiger partial charge in [0.1, 0.15) is 11.6 Å². The lowest BCUT2D eigenvalue weighted by Crippen LogP contribution is -2.18. The molecule has 0 amide bonds. The highest BCUT2D eigenvalue weighted by molar-refractivity contribution is 5.21. The molecular weight excluding hydrogens is 218 g/mol. The Morgan fingerprint density at radius 2 is 1.94 bits per heavy atom. The summed E-state index contributed by atoms with van der Waals surface area (Å²) in [5, 5.41) is 9.26. The summed E-state index contributed by atoms with van der Waals surface area (Å²) in [6.07, 6.45) is 1.06. The van der Waals surface area contributed by atoms with Crippen LogP contribution in [0.4, 0.5) is 8.78 Å². The molecule has 1 aromatic carbocycles. The van der Waals surface area contributed by atoms with E-state index in [2.05, 4.69) is 4.98 Å². The van der Waals surface area contributed by atoms with Crippen molar-refractivity contribution in [3.8, 4) is 5.88 Å². The predicted octanol–water partition coefficient (Wildman–Crippen LogP) is 1.21. The third-order valence-corrected chi connectivity index (χ3v) is 2.22. The van der Waals surface area contributed by atoms with Gasteiger partial charge >= 0.3 is 5.69 Å². The minimum absolute atomic E-state index is 0.264. The maximum absolute atomic E-state index is 13.3. The lowest BCUT2D eigenvalue weighted by molar-refractivity contribution is 0.417. The fraction of sp³-hybridized carbons (Fsp3) is 0.100. The summed E-state index contributed by atoms with van der Waals surface area (Å²) in [7, 11) is 0. The second-order valence-electron chi connectivity index (χ2n) is 3.24. The quantitative estimate of drug-likeness (QED) is 0.808. The van der Waals surface area contributed by atoms with Crippen LogP contribution in [0.3, 0.4) is 0 Å². The molecule has 2 N–H and O–H groups in total. The monoisotopic (exact) mass is 226 g/mol. The average Bonchev–Trinajstić information content (AvgIpc) is 2.54. The Kier molecular flexibility index (Phi) is 2.47. The Hall–Kier alpha value is -2.11. The first-order valence-corrected chi connectivity index (χ1v) is 4.49. The van der Waals surface area contributed by atoms with Gasteiger partial charge in [0.25, 0.3) is 0 Å². The van der Waals surface area contributed by atoms with Gasteiger partial charge in [-0.3, -0.25) is 4.57 Å². The summed E-state index contributed by atoms with van der Waals surface area (Å²) in [5.41, 5.74) is -0.889. The molecule has 0 radical (unpaired) electrons. The van der Waals surface area contributed by atoms with Gasteiger partial charge in [-0.05, 0) is 12.1 Å². The van der Waals surface area contributed by atoms with Crippen LogP contribution in [0.15, 0.2) is 29.2 Å². The Morgan fingerprint density at radius 1 is 1.31 bits per heavy atom. The smallest absolute Gasteiger partial charge is 0.328 e. The van der Waals surface area contributed by atoms with Crippen LogP contribution in [0.2, 0.25) is 0 Å². The summed E-state index contributed by atoms with van der Waals surface area (Å²) in [5.74, 6) is -1.88. The van der Waals surface area contributed by atoms with E-state index in [0.717, 1.165) is 22.9 Å². The van der Waals surface area contributed by atoms with Crippen LogP contribution in [0.25, 0.3) is 0 Å². The third-order valence-electron chi connectivity index (χ3n) is 2.22. The van der Waals surface area contributed by atoms with Crippen molar-refractivity contribution in [2.24, 2.45) is 0 Å². The Bertz CT molecular complexity index is 554. The van der Waals surface area contributed by atoms with Crippen LogP contribution >= 0.6 is 0 Å². The molecule has 84 valence electrons. The van der Waals surface area contributed by atoms with E-state index in [4.69, 9.17) is 0 Å². The number of aromatic hydroxyl groups is 1. The van der Waals surface area contributed by atoms with Gasteiger partial charge in [-0.15, -0.1) is 0 Å². The summed E-state index contributed by atoms with van der Waals surface area (Å²) in [6, 6.07) is 3.41. The number of aromatic amines is 1. The fourth-order valence-corrected chi connectivity index (χ4v) is 1.38. The molecule has 0 bridgehead atoms. The zero-order chi connectivity index (χ0) is 11.7. The van der Waals surface area contributed by atoms with E-state index in [1.54, 1.807) is 0 Å². The second kappa shape index (κ2) is 3.80. The number of benzene rings is 1. The normalized spacial score (nSPS) is 10.6. The zero-order valence-electron chi connectivity index (χ0n) is 8.08. The summed E-state index contributed by atoms with van der Waals surface area (Å²) in [4.78, 5) is 13.4. The van der Waals surface area contributed by atoms with Crippen LogP contribution < -0.4 is 5.69 Å². The van der Waals surface area contributed by atoms with Crippen molar-refractivity contribution in [1.82, 2.24) is 9.55 Å². The lowest BCUT2D eigenvalue weighted by atomic mass is 10.2. The molecule has 2 aromatic rings. The molecule has 1 heterocycles. The molecule has 0 unspecified atom stereocenters. The molecule has 0 fully saturated rings. The van der Waals surface area contributed by atoms with E-state index in [0.29, 0.717) is 0 Å². The largest absolute Gasteiger partial charge is 0.493 e. The molecule has 0 aliphatic heterocycles. The summed E-state index contributed by atoms with van der Waals surface area (Å²) >= 11 is 0. The summed E-state index contributed by atoms with van der Waals surface area (Å²) < 4.78 is 27.4. The first kappa shape index (κ1) is 10.4. The highest BCUT2D eigenvalue weighted by Gasteiger charge is 2.12. The number of aromatic nitrogens is 2. The number of hydrogen-bond acceptors (Lipinski definition) is 2. The van der Waals surface area contributed by atoms with Crippen LogP contribution in [-0.2, 0) is 6.54 Å². The van der Waals surface area contributed by atoms with Gasteiger partial charge in [-0.1, -0.05) is 6.07 Å². The minimum Gasteiger partial charge on any atom is -0.493 e. The number of H-pyrrole nitrogens is 1. The van der Waals surface area contributed by atoms with Gasteiger partial charge in [-0.25, -0.2) is 13.6 Å². The molecule has 0 saturated heterocycles. The lowest BCUT2D eigenvalue weighted by Gasteiger charge is -2.05. The van der Waals surface area contributed by atoms with Crippen LogP contribution in [0, 0.1) is 11.6 Å². The Morgan fingerprint density at radius 3 is 2.44 bits per heavy atom. The van der Waals surface area contributed by atoms with E-state index in [-0.39, 0.29) is 18.0 Å². The fourth-order valence-electron chi connectivity index (χ4n) is 1.38. The third kappa shape index (κ3) is 1.69. The molecule has 0 aliphatic carbocycles. The van der Waals surface area contributed by atoms with Crippen molar-refractivity contribution in [2.75, 3.05) is 0 Å². The minimum atomic E-state index is -0.757. The van der Waals surface area contributed by atoms with E-state index in [1.165, 1.54) is 6.07 Å². The number of hydrogen-bond donors (Lipinski definition) is 2. The van der Waals surface area contributed by atoms with Crippen molar-refractivity contribution in [3.05, 3.63) is 52.1 Å². The van der Waals surface area contributed by atoms with Crippen LogP contribution in [0.1, 0.15) is 5.56 Å². The predicted molar refractivity (Wildman–Crippen MR) is 52.2 cm³/mol. The number of rotatable bonds is 2. The van der Waals surface area contributed by atoms with Crippen LogP contribution in [0.5, 0.6) is 5.88 Å².